The molecule has 2 heterocycles. The molecule has 0 fully saturated rings. The van der Waals surface area contributed by atoms with Gasteiger partial charge in [0.25, 0.3) is 0 Å². The number of aromatic nitrogens is 2. The predicted molar refractivity (Wildman–Crippen MR) is 102 cm³/mol. The number of hydrogen-bond donors (Lipinski definition) is 1. The van der Waals surface area contributed by atoms with Gasteiger partial charge in [0.1, 0.15) is 5.65 Å². The summed E-state index contributed by atoms with van der Waals surface area (Å²) >= 11 is 6.12. The van der Waals surface area contributed by atoms with E-state index in [0.717, 1.165) is 44.2 Å². The van der Waals surface area contributed by atoms with E-state index >= 15 is 0 Å². The number of rotatable bonds is 3. The van der Waals surface area contributed by atoms with Crippen molar-refractivity contribution in [3.05, 3.63) is 83.1 Å². The Balaban J connectivity index is 1.77. The fraction of sp³-hybridized carbons (Fsp3) is 0.0952. The van der Waals surface area contributed by atoms with Crippen molar-refractivity contribution in [3.63, 3.8) is 0 Å². The maximum Gasteiger partial charge on any atom is 0.137 e. The summed E-state index contributed by atoms with van der Waals surface area (Å²) in [6, 6.07) is 17.9. The molecule has 2 aromatic carbocycles. The Morgan fingerprint density at radius 1 is 0.960 bits per heavy atom. The lowest BCUT2D eigenvalue weighted by molar-refractivity contribution is 0.282. The van der Waals surface area contributed by atoms with Gasteiger partial charge in [0.05, 0.1) is 12.3 Å². The van der Waals surface area contributed by atoms with E-state index in [1.165, 1.54) is 0 Å². The quantitative estimate of drug-likeness (QED) is 0.557. The average molecular weight is 349 g/mol. The van der Waals surface area contributed by atoms with Gasteiger partial charge in [0.15, 0.2) is 0 Å². The molecule has 0 amide bonds. The Kier molecular flexibility index (Phi) is 4.04. The molecule has 1 N–H and O–H groups in total. The molecule has 0 spiro atoms. The van der Waals surface area contributed by atoms with Gasteiger partial charge in [0, 0.05) is 23.0 Å². The van der Waals surface area contributed by atoms with Gasteiger partial charge >= 0.3 is 0 Å². The summed E-state index contributed by atoms with van der Waals surface area (Å²) in [5.74, 6) is 0. The monoisotopic (exact) mass is 348 g/mol. The standard InChI is InChI=1S/C21H17ClN2O/c1-14-9-17(5-7-19(14)22)20-12-24-11-18(6-8-21(24)23-20)16-4-2-3-15(10-16)13-25/h2-12,25H,13H2,1H3. The maximum absolute atomic E-state index is 9.33. The molecule has 124 valence electrons. The minimum Gasteiger partial charge on any atom is -0.392 e. The summed E-state index contributed by atoms with van der Waals surface area (Å²) in [7, 11) is 0. The first-order chi connectivity index (χ1) is 12.1. The highest BCUT2D eigenvalue weighted by Gasteiger charge is 2.07. The van der Waals surface area contributed by atoms with Gasteiger partial charge in [0.2, 0.25) is 0 Å². The number of aryl methyl sites for hydroxylation is 1. The highest BCUT2D eigenvalue weighted by atomic mass is 35.5. The highest BCUT2D eigenvalue weighted by Crippen LogP contribution is 2.26. The van der Waals surface area contributed by atoms with E-state index in [1.807, 2.05) is 60.0 Å². The molecule has 4 aromatic rings. The summed E-state index contributed by atoms with van der Waals surface area (Å²) in [6.45, 7) is 2.04. The van der Waals surface area contributed by atoms with Gasteiger partial charge in [-0.25, -0.2) is 4.98 Å². The molecular formula is C21H17ClN2O. The normalized spacial score (nSPS) is 11.2. The highest BCUT2D eigenvalue weighted by molar-refractivity contribution is 6.31. The lowest BCUT2D eigenvalue weighted by Crippen LogP contribution is -1.87. The van der Waals surface area contributed by atoms with Crippen LogP contribution < -0.4 is 0 Å². The number of pyridine rings is 1. The summed E-state index contributed by atoms with van der Waals surface area (Å²) in [6.07, 6.45) is 4.09. The van der Waals surface area contributed by atoms with Crippen LogP contribution in [0.4, 0.5) is 0 Å². The molecule has 0 bridgehead atoms. The van der Waals surface area contributed by atoms with E-state index in [4.69, 9.17) is 16.6 Å². The molecule has 0 saturated carbocycles. The topological polar surface area (TPSA) is 37.5 Å². The van der Waals surface area contributed by atoms with Crippen LogP contribution in [-0.4, -0.2) is 14.5 Å². The summed E-state index contributed by atoms with van der Waals surface area (Å²) in [5, 5.41) is 10.1. The van der Waals surface area contributed by atoms with Gasteiger partial charge in [-0.05, 0) is 59.5 Å². The fourth-order valence-electron chi connectivity index (χ4n) is 2.95. The molecule has 0 atom stereocenters. The number of aliphatic hydroxyl groups is 1. The number of benzene rings is 2. The second-order valence-electron chi connectivity index (χ2n) is 6.13. The van der Waals surface area contributed by atoms with Gasteiger partial charge < -0.3 is 9.51 Å². The van der Waals surface area contributed by atoms with Crippen LogP contribution >= 0.6 is 11.6 Å². The largest absolute Gasteiger partial charge is 0.392 e. The van der Waals surface area contributed by atoms with Crippen LogP contribution in [0.5, 0.6) is 0 Å². The first kappa shape index (κ1) is 15.9. The zero-order valence-electron chi connectivity index (χ0n) is 13.8. The molecule has 0 aliphatic carbocycles. The van der Waals surface area contributed by atoms with Crippen LogP contribution in [0.3, 0.4) is 0 Å². The molecule has 0 aliphatic rings. The summed E-state index contributed by atoms with van der Waals surface area (Å²) in [5.41, 5.74) is 6.96. The third-order valence-corrected chi connectivity index (χ3v) is 4.77. The van der Waals surface area contributed by atoms with Crippen LogP contribution in [-0.2, 0) is 6.61 Å². The first-order valence-corrected chi connectivity index (χ1v) is 8.47. The number of aliphatic hydroxyl groups excluding tert-OH is 1. The van der Waals surface area contributed by atoms with Crippen molar-refractivity contribution in [2.75, 3.05) is 0 Å². The van der Waals surface area contributed by atoms with Crippen molar-refractivity contribution in [2.45, 2.75) is 13.5 Å². The van der Waals surface area contributed by atoms with Crippen molar-refractivity contribution in [2.24, 2.45) is 0 Å². The molecule has 0 saturated heterocycles. The molecule has 2 aromatic heterocycles. The Hall–Kier alpha value is -2.62. The second-order valence-corrected chi connectivity index (χ2v) is 6.54. The van der Waals surface area contributed by atoms with Crippen LogP contribution in [0.25, 0.3) is 28.0 Å². The van der Waals surface area contributed by atoms with Gasteiger partial charge in [-0.1, -0.05) is 35.9 Å². The third kappa shape index (κ3) is 3.04. The number of nitrogens with zero attached hydrogens (tertiary/aromatic N) is 2. The molecule has 4 heteroatoms. The fourth-order valence-corrected chi connectivity index (χ4v) is 3.07. The van der Waals surface area contributed by atoms with Crippen molar-refractivity contribution in [3.8, 4) is 22.4 Å². The number of imidazole rings is 1. The van der Waals surface area contributed by atoms with Crippen molar-refractivity contribution >= 4 is 17.2 Å². The lowest BCUT2D eigenvalue weighted by Gasteiger charge is -2.04. The molecule has 4 rings (SSSR count). The molecule has 25 heavy (non-hydrogen) atoms. The Labute approximate surface area is 151 Å². The van der Waals surface area contributed by atoms with E-state index < -0.39 is 0 Å². The minimum atomic E-state index is 0.0429. The number of halogens is 1. The molecule has 0 unspecified atom stereocenters. The predicted octanol–water partition coefficient (Wildman–Crippen LogP) is 5.12. The first-order valence-electron chi connectivity index (χ1n) is 8.09. The van der Waals surface area contributed by atoms with Crippen LogP contribution in [0.15, 0.2) is 67.0 Å². The van der Waals surface area contributed by atoms with Gasteiger partial charge in [-0.3, -0.25) is 0 Å². The van der Waals surface area contributed by atoms with Crippen LogP contribution in [0.2, 0.25) is 5.02 Å². The Bertz CT molecular complexity index is 1070. The van der Waals surface area contributed by atoms with E-state index in [0.29, 0.717) is 0 Å². The Morgan fingerprint density at radius 3 is 2.60 bits per heavy atom. The van der Waals surface area contributed by atoms with Gasteiger partial charge in [-0.2, -0.15) is 0 Å². The number of fused-ring (bicyclic) bond motifs is 1. The van der Waals surface area contributed by atoms with Crippen molar-refractivity contribution in [1.29, 1.82) is 0 Å². The van der Waals surface area contributed by atoms with E-state index in [9.17, 15) is 5.11 Å². The molecule has 0 aliphatic heterocycles. The molecule has 0 radical (unpaired) electrons. The van der Waals surface area contributed by atoms with Crippen LogP contribution in [0.1, 0.15) is 11.1 Å². The number of hydrogen-bond acceptors (Lipinski definition) is 2. The molecule has 3 nitrogen and oxygen atoms in total. The zero-order valence-corrected chi connectivity index (χ0v) is 14.5. The average Bonchev–Trinajstić information content (AvgIpc) is 3.07. The third-order valence-electron chi connectivity index (χ3n) is 4.35. The summed E-state index contributed by atoms with van der Waals surface area (Å²) < 4.78 is 2.03. The summed E-state index contributed by atoms with van der Waals surface area (Å²) in [4.78, 5) is 4.70. The zero-order chi connectivity index (χ0) is 17.4. The minimum absolute atomic E-state index is 0.0429. The van der Waals surface area contributed by atoms with E-state index in [2.05, 4.69) is 18.3 Å². The second kappa shape index (κ2) is 6.36. The smallest absolute Gasteiger partial charge is 0.137 e. The van der Waals surface area contributed by atoms with Crippen molar-refractivity contribution < 1.29 is 5.11 Å². The SMILES string of the molecule is Cc1cc(-c2cn3cc(-c4cccc(CO)c4)ccc3n2)ccc1Cl. The molecular weight excluding hydrogens is 332 g/mol. The maximum atomic E-state index is 9.33. The van der Waals surface area contributed by atoms with E-state index in [1.54, 1.807) is 0 Å². The van der Waals surface area contributed by atoms with Crippen molar-refractivity contribution in [1.82, 2.24) is 9.38 Å². The lowest BCUT2D eigenvalue weighted by atomic mass is 10.1. The van der Waals surface area contributed by atoms with Gasteiger partial charge in [-0.15, -0.1) is 0 Å². The van der Waals surface area contributed by atoms with E-state index in [-0.39, 0.29) is 6.61 Å². The Morgan fingerprint density at radius 2 is 1.80 bits per heavy atom. The van der Waals surface area contributed by atoms with Crippen LogP contribution in [0, 0.1) is 6.92 Å².